The van der Waals surface area contributed by atoms with Gasteiger partial charge in [-0.3, -0.25) is 0 Å². The molecule has 1 aliphatic carbocycles. The lowest BCUT2D eigenvalue weighted by Gasteiger charge is -2.36. The van der Waals surface area contributed by atoms with E-state index in [4.69, 9.17) is 15.4 Å². The zero-order chi connectivity index (χ0) is 14.6. The standard InChI is InChI=1S/C15H21ClO3S/c1-13-7-3-4-8-14(13)19-11-15(12-20(16,17)18)9-5-2-6-10-15/h3-4,7-8H,2,5-6,9-12H2,1H3. The zero-order valence-corrected chi connectivity index (χ0v) is 13.3. The number of benzene rings is 1. The molecule has 0 unspecified atom stereocenters. The predicted octanol–water partition coefficient (Wildman–Crippen LogP) is 3.89. The minimum atomic E-state index is -3.50. The van der Waals surface area contributed by atoms with Crippen molar-refractivity contribution in [2.45, 2.75) is 39.0 Å². The fourth-order valence-corrected chi connectivity index (χ4v) is 4.74. The van der Waals surface area contributed by atoms with Crippen LogP contribution < -0.4 is 4.74 Å². The van der Waals surface area contributed by atoms with Crippen LogP contribution in [0.25, 0.3) is 0 Å². The van der Waals surface area contributed by atoms with Gasteiger partial charge in [0, 0.05) is 16.1 Å². The van der Waals surface area contributed by atoms with Crippen LogP contribution in [0.1, 0.15) is 37.7 Å². The number of hydrogen-bond donors (Lipinski definition) is 0. The van der Waals surface area contributed by atoms with E-state index in [0.717, 1.165) is 43.4 Å². The molecule has 0 radical (unpaired) electrons. The van der Waals surface area contributed by atoms with Crippen LogP contribution in [-0.2, 0) is 9.05 Å². The van der Waals surface area contributed by atoms with Crippen molar-refractivity contribution >= 4 is 19.7 Å². The number of hydrogen-bond acceptors (Lipinski definition) is 3. The van der Waals surface area contributed by atoms with Crippen molar-refractivity contribution < 1.29 is 13.2 Å². The summed E-state index contributed by atoms with van der Waals surface area (Å²) in [6.45, 7) is 2.41. The first kappa shape index (κ1) is 15.6. The van der Waals surface area contributed by atoms with Crippen LogP contribution in [-0.4, -0.2) is 20.8 Å². The van der Waals surface area contributed by atoms with Gasteiger partial charge in [0.2, 0.25) is 9.05 Å². The van der Waals surface area contributed by atoms with Crippen LogP contribution in [0.4, 0.5) is 0 Å². The van der Waals surface area contributed by atoms with Gasteiger partial charge in [0.05, 0.1) is 12.4 Å². The molecule has 0 aromatic heterocycles. The van der Waals surface area contributed by atoms with Crippen LogP contribution in [0, 0.1) is 12.3 Å². The van der Waals surface area contributed by atoms with Gasteiger partial charge in [0.25, 0.3) is 0 Å². The summed E-state index contributed by atoms with van der Waals surface area (Å²) in [5.74, 6) is 0.831. The summed E-state index contributed by atoms with van der Waals surface area (Å²) in [5, 5.41) is 0. The van der Waals surface area contributed by atoms with Crippen LogP contribution in [0.5, 0.6) is 5.75 Å². The molecule has 1 fully saturated rings. The number of ether oxygens (including phenoxy) is 1. The molecule has 0 saturated heterocycles. The van der Waals surface area contributed by atoms with Crippen molar-refractivity contribution in [3.05, 3.63) is 29.8 Å². The highest BCUT2D eigenvalue weighted by Gasteiger charge is 2.37. The van der Waals surface area contributed by atoms with Gasteiger partial charge in [0.15, 0.2) is 0 Å². The molecule has 2 rings (SSSR count). The van der Waals surface area contributed by atoms with Gasteiger partial charge in [-0.25, -0.2) is 8.42 Å². The highest BCUT2D eigenvalue weighted by Crippen LogP contribution is 2.39. The average Bonchev–Trinajstić information content (AvgIpc) is 2.37. The molecule has 1 aromatic carbocycles. The second kappa shape index (κ2) is 6.35. The smallest absolute Gasteiger partial charge is 0.233 e. The number of rotatable bonds is 5. The Kier molecular flexibility index (Phi) is 4.97. The van der Waals surface area contributed by atoms with Crippen LogP contribution in [0.2, 0.25) is 0 Å². The lowest BCUT2D eigenvalue weighted by molar-refractivity contribution is 0.118. The molecule has 0 aliphatic heterocycles. The summed E-state index contributed by atoms with van der Waals surface area (Å²) >= 11 is 0. The average molecular weight is 317 g/mol. The molecule has 20 heavy (non-hydrogen) atoms. The minimum Gasteiger partial charge on any atom is -0.493 e. The highest BCUT2D eigenvalue weighted by atomic mass is 35.7. The van der Waals surface area contributed by atoms with Gasteiger partial charge in [-0.2, -0.15) is 0 Å². The zero-order valence-electron chi connectivity index (χ0n) is 11.8. The maximum absolute atomic E-state index is 11.5. The van der Waals surface area contributed by atoms with Gasteiger partial charge in [0.1, 0.15) is 5.75 Å². The number of halogens is 1. The monoisotopic (exact) mass is 316 g/mol. The van der Waals surface area contributed by atoms with Crippen LogP contribution >= 0.6 is 10.7 Å². The van der Waals surface area contributed by atoms with Gasteiger partial charge in [-0.1, -0.05) is 37.5 Å². The molecule has 0 spiro atoms. The van der Waals surface area contributed by atoms with Crippen molar-refractivity contribution in [3.8, 4) is 5.75 Å². The lowest BCUT2D eigenvalue weighted by Crippen LogP contribution is -2.36. The molecule has 0 N–H and O–H groups in total. The number of aryl methyl sites for hydroxylation is 1. The second-order valence-electron chi connectivity index (χ2n) is 5.80. The Morgan fingerprint density at radius 2 is 1.85 bits per heavy atom. The molecule has 3 nitrogen and oxygen atoms in total. The molecule has 5 heteroatoms. The largest absolute Gasteiger partial charge is 0.493 e. The SMILES string of the molecule is Cc1ccccc1OCC1(CS(=O)(=O)Cl)CCCCC1. The van der Waals surface area contributed by atoms with E-state index in [9.17, 15) is 8.42 Å². The quantitative estimate of drug-likeness (QED) is 0.774. The van der Waals surface area contributed by atoms with E-state index in [2.05, 4.69) is 0 Å². The molecule has 0 amide bonds. The Hall–Kier alpha value is -0.740. The maximum Gasteiger partial charge on any atom is 0.233 e. The second-order valence-corrected chi connectivity index (χ2v) is 8.57. The lowest BCUT2D eigenvalue weighted by atomic mass is 9.76. The highest BCUT2D eigenvalue weighted by molar-refractivity contribution is 8.13. The first-order valence-corrected chi connectivity index (χ1v) is 9.49. The maximum atomic E-state index is 11.5. The van der Waals surface area contributed by atoms with Gasteiger partial charge < -0.3 is 4.74 Å². The molecule has 1 saturated carbocycles. The summed E-state index contributed by atoms with van der Waals surface area (Å²) < 4.78 is 28.9. The van der Waals surface area contributed by atoms with Gasteiger partial charge in [-0.15, -0.1) is 0 Å². The van der Waals surface area contributed by atoms with E-state index in [1.807, 2.05) is 31.2 Å². The number of para-hydroxylation sites is 1. The van der Waals surface area contributed by atoms with E-state index in [0.29, 0.717) is 6.61 Å². The normalized spacial score (nSPS) is 18.7. The van der Waals surface area contributed by atoms with Crippen molar-refractivity contribution in [3.63, 3.8) is 0 Å². The van der Waals surface area contributed by atoms with Crippen molar-refractivity contribution in [2.75, 3.05) is 12.4 Å². The summed E-state index contributed by atoms with van der Waals surface area (Å²) in [7, 11) is 1.98. The molecule has 1 aliphatic rings. The predicted molar refractivity (Wildman–Crippen MR) is 81.8 cm³/mol. The van der Waals surface area contributed by atoms with Crippen LogP contribution in [0.3, 0.4) is 0 Å². The van der Waals surface area contributed by atoms with Crippen molar-refractivity contribution in [1.82, 2.24) is 0 Å². The third kappa shape index (κ3) is 4.38. The Morgan fingerprint density at radius 1 is 1.20 bits per heavy atom. The molecule has 0 bridgehead atoms. The summed E-state index contributed by atoms with van der Waals surface area (Å²) in [6.07, 6.45) is 4.98. The minimum absolute atomic E-state index is 0.00738. The van der Waals surface area contributed by atoms with E-state index >= 15 is 0 Å². The molecule has 0 heterocycles. The molecular formula is C15H21ClO3S. The first-order chi connectivity index (χ1) is 9.40. The van der Waals surface area contributed by atoms with Crippen molar-refractivity contribution in [1.29, 1.82) is 0 Å². The first-order valence-electron chi connectivity index (χ1n) is 7.01. The molecular weight excluding hydrogens is 296 g/mol. The molecule has 0 atom stereocenters. The van der Waals surface area contributed by atoms with E-state index in [1.165, 1.54) is 0 Å². The summed E-state index contributed by atoms with van der Waals surface area (Å²) in [6, 6.07) is 7.79. The molecule has 1 aromatic rings. The van der Waals surface area contributed by atoms with E-state index in [1.54, 1.807) is 0 Å². The van der Waals surface area contributed by atoms with E-state index in [-0.39, 0.29) is 11.2 Å². The summed E-state index contributed by atoms with van der Waals surface area (Å²) in [4.78, 5) is 0. The Labute approximate surface area is 125 Å². The van der Waals surface area contributed by atoms with Gasteiger partial charge in [-0.05, 0) is 31.4 Å². The Balaban J connectivity index is 2.10. The topological polar surface area (TPSA) is 43.4 Å². The summed E-state index contributed by atoms with van der Waals surface area (Å²) in [5.41, 5.74) is 0.730. The fourth-order valence-electron chi connectivity index (χ4n) is 2.95. The third-order valence-corrected chi connectivity index (χ3v) is 5.30. The fraction of sp³-hybridized carbons (Fsp3) is 0.600. The Morgan fingerprint density at radius 3 is 2.45 bits per heavy atom. The van der Waals surface area contributed by atoms with Crippen molar-refractivity contribution in [2.24, 2.45) is 5.41 Å². The third-order valence-electron chi connectivity index (χ3n) is 4.02. The van der Waals surface area contributed by atoms with Crippen LogP contribution in [0.15, 0.2) is 24.3 Å². The molecule has 112 valence electrons. The van der Waals surface area contributed by atoms with E-state index < -0.39 is 9.05 Å². The Bertz CT molecular complexity index is 548. The van der Waals surface area contributed by atoms with Gasteiger partial charge >= 0.3 is 0 Å².